The first-order valence-corrected chi connectivity index (χ1v) is 33.9. The van der Waals surface area contributed by atoms with Gasteiger partial charge in [-0.3, -0.25) is 18.6 Å². The predicted molar refractivity (Wildman–Crippen MR) is 326 cm³/mol. The molecule has 0 aliphatic heterocycles. The highest BCUT2D eigenvalue weighted by Crippen LogP contribution is 2.43. The summed E-state index contributed by atoms with van der Waals surface area (Å²) in [4.78, 5) is 35.5. The van der Waals surface area contributed by atoms with Crippen LogP contribution in [-0.2, 0) is 32.7 Å². The van der Waals surface area contributed by atoms with Crippen molar-refractivity contribution in [2.75, 3.05) is 47.5 Å². The number of phosphoric ester groups is 1. The monoisotopic (exact) mass is 1090 g/mol. The highest BCUT2D eigenvalue weighted by Gasteiger charge is 2.27. The van der Waals surface area contributed by atoms with Gasteiger partial charge in [0.05, 0.1) is 27.7 Å². The number of ether oxygens (including phenoxy) is 2. The molecule has 10 heteroatoms. The fraction of sp³-hybridized carbons (Fsp3) is 0.848. The van der Waals surface area contributed by atoms with Crippen LogP contribution in [0, 0.1) is 0 Å². The number of rotatable bonds is 60. The third-order valence-corrected chi connectivity index (χ3v) is 15.4. The van der Waals surface area contributed by atoms with Crippen LogP contribution in [0.25, 0.3) is 0 Å². The summed E-state index contributed by atoms with van der Waals surface area (Å²) in [6, 6.07) is 0. The zero-order valence-electron chi connectivity index (χ0n) is 50.8. The lowest BCUT2D eigenvalue weighted by Gasteiger charge is -2.24. The molecule has 0 aromatic rings. The van der Waals surface area contributed by atoms with Crippen molar-refractivity contribution in [3.8, 4) is 0 Å². The van der Waals surface area contributed by atoms with Crippen LogP contribution in [0.15, 0.2) is 48.6 Å². The summed E-state index contributed by atoms with van der Waals surface area (Å²) in [7, 11) is 1.44. The molecule has 0 aromatic carbocycles. The summed E-state index contributed by atoms with van der Waals surface area (Å²) in [6.45, 7) is 4.26. The molecule has 446 valence electrons. The second-order valence-electron chi connectivity index (χ2n) is 23.1. The van der Waals surface area contributed by atoms with Crippen molar-refractivity contribution >= 4 is 19.8 Å². The first kappa shape index (κ1) is 74.0. The number of quaternary nitrogens is 1. The van der Waals surface area contributed by atoms with Crippen LogP contribution >= 0.6 is 7.82 Å². The predicted octanol–water partition coefficient (Wildman–Crippen LogP) is 20.5. The van der Waals surface area contributed by atoms with Crippen LogP contribution in [0.1, 0.15) is 309 Å². The Morgan fingerprint density at radius 3 is 1.09 bits per heavy atom. The van der Waals surface area contributed by atoms with Crippen molar-refractivity contribution in [3.63, 3.8) is 0 Å². The Kier molecular flexibility index (Phi) is 56.1. The molecular formula is C66H125NO8P+. The Bertz CT molecular complexity index is 1420. The van der Waals surface area contributed by atoms with Crippen LogP contribution in [0.4, 0.5) is 0 Å². The van der Waals surface area contributed by atoms with Gasteiger partial charge in [-0.2, -0.15) is 0 Å². The van der Waals surface area contributed by atoms with Crippen molar-refractivity contribution in [1.29, 1.82) is 0 Å². The van der Waals surface area contributed by atoms with Gasteiger partial charge in [0.2, 0.25) is 0 Å². The molecule has 0 aliphatic carbocycles. The molecule has 76 heavy (non-hydrogen) atoms. The van der Waals surface area contributed by atoms with Gasteiger partial charge < -0.3 is 18.9 Å². The lowest BCUT2D eigenvalue weighted by Crippen LogP contribution is -2.37. The third kappa shape index (κ3) is 61.2. The summed E-state index contributed by atoms with van der Waals surface area (Å²) >= 11 is 0. The maximum absolute atomic E-state index is 12.7. The number of carbonyl (C=O) groups excluding carboxylic acids is 2. The maximum atomic E-state index is 12.7. The Morgan fingerprint density at radius 2 is 0.750 bits per heavy atom. The number of hydrogen-bond donors (Lipinski definition) is 1. The first-order chi connectivity index (χ1) is 37.0. The van der Waals surface area contributed by atoms with Gasteiger partial charge in [-0.15, -0.1) is 0 Å². The summed E-state index contributed by atoms with van der Waals surface area (Å²) in [5, 5.41) is 0. The lowest BCUT2D eigenvalue weighted by atomic mass is 10.0. The molecule has 1 N–H and O–H groups in total. The highest BCUT2D eigenvalue weighted by atomic mass is 31.2. The van der Waals surface area contributed by atoms with E-state index in [0.29, 0.717) is 17.4 Å². The number of hydrogen-bond acceptors (Lipinski definition) is 7. The Balaban J connectivity index is 3.84. The molecule has 0 aliphatic rings. The standard InChI is InChI=1S/C66H124NO8P/c1-6-8-10-12-14-16-18-20-21-22-23-24-25-26-27-28-29-30-31-32-33-34-35-36-37-38-39-40-41-42-43-44-45-47-48-50-52-54-56-58-65(68)72-62-64(63-74-76(70,71)73-61-60-67(3,4)5)75-66(69)59-57-55-53-51-49-46-19-17-15-13-11-9-7-2/h9,11,15,17,46,49,53,55,64H,6-8,10,12-14,16,18-45,47-48,50-52,54,56-63H2,1-5H3/p+1/b11-9-,17-15-,49-46-,55-53-. The van der Waals surface area contributed by atoms with Gasteiger partial charge in [0, 0.05) is 12.8 Å². The molecule has 9 nitrogen and oxygen atoms in total. The van der Waals surface area contributed by atoms with Crippen LogP contribution in [0.3, 0.4) is 0 Å². The molecule has 0 bridgehead atoms. The summed E-state index contributed by atoms with van der Waals surface area (Å²) in [6.07, 6.45) is 74.2. The van der Waals surface area contributed by atoms with E-state index < -0.39 is 26.5 Å². The van der Waals surface area contributed by atoms with Gasteiger partial charge in [0.1, 0.15) is 19.8 Å². The molecular weight excluding hydrogens is 966 g/mol. The van der Waals surface area contributed by atoms with Crippen molar-refractivity contribution in [2.45, 2.75) is 315 Å². The number of allylic oxidation sites excluding steroid dienone is 8. The number of esters is 2. The van der Waals surface area contributed by atoms with Crippen LogP contribution in [0.2, 0.25) is 0 Å². The smallest absolute Gasteiger partial charge is 0.462 e. The Morgan fingerprint density at radius 1 is 0.421 bits per heavy atom. The van der Waals surface area contributed by atoms with Crippen LogP contribution in [-0.4, -0.2) is 74.9 Å². The van der Waals surface area contributed by atoms with E-state index in [9.17, 15) is 19.0 Å². The molecule has 0 saturated heterocycles. The number of nitrogens with zero attached hydrogens (tertiary/aromatic N) is 1. The summed E-state index contributed by atoms with van der Waals surface area (Å²) < 4.78 is 34.4. The fourth-order valence-electron chi connectivity index (χ4n) is 9.45. The molecule has 0 fully saturated rings. The zero-order chi connectivity index (χ0) is 55.6. The van der Waals surface area contributed by atoms with E-state index in [4.69, 9.17) is 18.5 Å². The molecule has 0 saturated carbocycles. The average Bonchev–Trinajstić information content (AvgIpc) is 3.38. The Hall–Kier alpha value is -2.03. The van der Waals surface area contributed by atoms with E-state index in [1.54, 1.807) is 0 Å². The Labute approximate surface area is 471 Å². The molecule has 0 spiro atoms. The van der Waals surface area contributed by atoms with E-state index >= 15 is 0 Å². The second kappa shape index (κ2) is 57.6. The van der Waals surface area contributed by atoms with Gasteiger partial charge in [-0.25, -0.2) is 4.57 Å². The topological polar surface area (TPSA) is 108 Å². The first-order valence-electron chi connectivity index (χ1n) is 32.4. The van der Waals surface area contributed by atoms with E-state index in [0.717, 1.165) is 44.9 Å². The second-order valence-corrected chi connectivity index (χ2v) is 24.6. The van der Waals surface area contributed by atoms with E-state index in [1.165, 1.54) is 231 Å². The number of carbonyl (C=O) groups is 2. The van der Waals surface area contributed by atoms with E-state index in [-0.39, 0.29) is 32.0 Å². The van der Waals surface area contributed by atoms with Crippen LogP contribution in [0.5, 0.6) is 0 Å². The molecule has 2 unspecified atom stereocenters. The summed E-state index contributed by atoms with van der Waals surface area (Å²) in [5.74, 6) is -0.883. The van der Waals surface area contributed by atoms with Gasteiger partial charge in [-0.1, -0.05) is 306 Å². The van der Waals surface area contributed by atoms with Crippen molar-refractivity contribution < 1.29 is 42.1 Å². The molecule has 0 rings (SSSR count). The molecule has 2 atom stereocenters. The van der Waals surface area contributed by atoms with Crippen LogP contribution < -0.4 is 0 Å². The lowest BCUT2D eigenvalue weighted by molar-refractivity contribution is -0.870. The minimum atomic E-state index is -4.40. The number of unbranched alkanes of at least 4 members (excludes halogenated alkanes) is 38. The van der Waals surface area contributed by atoms with Gasteiger partial charge >= 0.3 is 19.8 Å². The van der Waals surface area contributed by atoms with Gasteiger partial charge in [0.15, 0.2) is 6.10 Å². The van der Waals surface area contributed by atoms with Crippen molar-refractivity contribution in [3.05, 3.63) is 48.6 Å². The van der Waals surface area contributed by atoms with Crippen molar-refractivity contribution in [2.24, 2.45) is 0 Å². The minimum Gasteiger partial charge on any atom is -0.462 e. The molecule has 0 heterocycles. The van der Waals surface area contributed by atoms with Gasteiger partial charge in [-0.05, 0) is 38.5 Å². The molecule has 0 radical (unpaired) electrons. The number of likely N-dealkylation sites (N-methyl/N-ethyl adjacent to an activating group) is 1. The third-order valence-electron chi connectivity index (χ3n) is 14.4. The molecule has 0 aromatic heterocycles. The summed E-state index contributed by atoms with van der Waals surface area (Å²) in [5.41, 5.74) is 0. The van der Waals surface area contributed by atoms with Gasteiger partial charge in [0.25, 0.3) is 0 Å². The number of phosphoric acid groups is 1. The normalized spacial score (nSPS) is 13.5. The average molecular weight is 1090 g/mol. The maximum Gasteiger partial charge on any atom is 0.472 e. The van der Waals surface area contributed by atoms with Crippen molar-refractivity contribution in [1.82, 2.24) is 0 Å². The van der Waals surface area contributed by atoms with E-state index in [2.05, 4.69) is 50.3 Å². The minimum absolute atomic E-state index is 0.0192. The SMILES string of the molecule is CC/C=C\C/C=C\C/C=C\C/C=C\CCC(=O)OC(COC(=O)CCCCCCCCCCCCCCCCCCCCCCCCCCCCCCCCCCCCCCCCC)COP(=O)(O)OCC[N+](C)(C)C. The highest BCUT2D eigenvalue weighted by molar-refractivity contribution is 7.47. The fourth-order valence-corrected chi connectivity index (χ4v) is 10.2. The molecule has 0 amide bonds. The van der Waals surface area contributed by atoms with E-state index in [1.807, 2.05) is 33.3 Å². The quantitative estimate of drug-likeness (QED) is 0.0211. The largest absolute Gasteiger partial charge is 0.472 e. The zero-order valence-corrected chi connectivity index (χ0v) is 51.6.